The van der Waals surface area contributed by atoms with Crippen molar-refractivity contribution in [1.82, 2.24) is 0 Å². The van der Waals surface area contributed by atoms with Crippen molar-refractivity contribution >= 4 is 0 Å². The predicted molar refractivity (Wildman–Crippen MR) is 66.8 cm³/mol. The standard InChI is InChI=1S/C14H21N/c1-4-5-6-14-8-7-13(9-11(14)2)10-12(3)15/h7-9H,3-6,10,15H2,1-2H3. The summed E-state index contributed by atoms with van der Waals surface area (Å²) in [7, 11) is 0. The minimum Gasteiger partial charge on any atom is -0.402 e. The van der Waals surface area contributed by atoms with E-state index in [1.807, 2.05) is 0 Å². The summed E-state index contributed by atoms with van der Waals surface area (Å²) in [6.07, 6.45) is 4.49. The van der Waals surface area contributed by atoms with Crippen molar-refractivity contribution in [2.75, 3.05) is 0 Å². The van der Waals surface area contributed by atoms with Gasteiger partial charge in [0.2, 0.25) is 0 Å². The second kappa shape index (κ2) is 5.59. The molecule has 1 aromatic rings. The van der Waals surface area contributed by atoms with E-state index in [2.05, 4.69) is 38.6 Å². The van der Waals surface area contributed by atoms with E-state index in [1.54, 1.807) is 0 Å². The molecule has 0 aliphatic carbocycles. The number of hydrogen-bond donors (Lipinski definition) is 1. The van der Waals surface area contributed by atoms with Crippen molar-refractivity contribution in [1.29, 1.82) is 0 Å². The lowest BCUT2D eigenvalue weighted by molar-refractivity contribution is 0.790. The Morgan fingerprint density at radius 3 is 2.67 bits per heavy atom. The molecule has 0 amide bonds. The minimum absolute atomic E-state index is 0.732. The Hall–Kier alpha value is -1.24. The number of aryl methyl sites for hydroxylation is 2. The summed E-state index contributed by atoms with van der Waals surface area (Å²) in [5, 5.41) is 0. The molecule has 0 aromatic heterocycles. The monoisotopic (exact) mass is 203 g/mol. The lowest BCUT2D eigenvalue weighted by Crippen LogP contribution is -2.00. The van der Waals surface area contributed by atoms with E-state index in [0.29, 0.717) is 0 Å². The first-order valence-corrected chi connectivity index (χ1v) is 5.65. The summed E-state index contributed by atoms with van der Waals surface area (Å²) in [6, 6.07) is 6.61. The maximum Gasteiger partial charge on any atom is 0.0115 e. The SMILES string of the molecule is C=C(N)Cc1ccc(CCCC)c(C)c1. The zero-order chi connectivity index (χ0) is 11.3. The van der Waals surface area contributed by atoms with Gasteiger partial charge >= 0.3 is 0 Å². The first kappa shape index (κ1) is 11.8. The number of benzene rings is 1. The lowest BCUT2D eigenvalue weighted by Gasteiger charge is -2.08. The number of rotatable bonds is 5. The van der Waals surface area contributed by atoms with Crippen molar-refractivity contribution in [3.05, 3.63) is 47.2 Å². The highest BCUT2D eigenvalue weighted by Gasteiger charge is 2.00. The molecule has 0 atom stereocenters. The maximum absolute atomic E-state index is 5.60. The van der Waals surface area contributed by atoms with Gasteiger partial charge in [-0.3, -0.25) is 0 Å². The molecule has 0 bridgehead atoms. The Labute approximate surface area is 93.0 Å². The smallest absolute Gasteiger partial charge is 0.0115 e. The first-order chi connectivity index (χ1) is 7.13. The minimum atomic E-state index is 0.732. The molecule has 1 heteroatoms. The van der Waals surface area contributed by atoms with E-state index in [0.717, 1.165) is 12.1 Å². The molecule has 0 unspecified atom stereocenters. The van der Waals surface area contributed by atoms with Crippen LogP contribution < -0.4 is 5.73 Å². The Morgan fingerprint density at radius 2 is 2.13 bits per heavy atom. The molecule has 0 heterocycles. The quantitative estimate of drug-likeness (QED) is 0.780. The molecular weight excluding hydrogens is 182 g/mol. The summed E-state index contributed by atoms with van der Waals surface area (Å²) in [5.41, 5.74) is 10.4. The Bertz CT molecular complexity index is 339. The van der Waals surface area contributed by atoms with Gasteiger partial charge in [-0.1, -0.05) is 38.1 Å². The van der Waals surface area contributed by atoms with Crippen LogP contribution in [0.5, 0.6) is 0 Å². The van der Waals surface area contributed by atoms with Crippen LogP contribution in [0.15, 0.2) is 30.5 Å². The van der Waals surface area contributed by atoms with E-state index in [4.69, 9.17) is 5.73 Å². The fourth-order valence-corrected chi connectivity index (χ4v) is 1.78. The van der Waals surface area contributed by atoms with E-state index in [-0.39, 0.29) is 0 Å². The van der Waals surface area contributed by atoms with Gasteiger partial charge in [0.15, 0.2) is 0 Å². The van der Waals surface area contributed by atoms with Crippen LogP contribution in [0.3, 0.4) is 0 Å². The molecule has 0 radical (unpaired) electrons. The third-order valence-electron chi connectivity index (χ3n) is 2.64. The molecule has 82 valence electrons. The molecule has 0 aliphatic heterocycles. The average Bonchev–Trinajstić information content (AvgIpc) is 2.15. The lowest BCUT2D eigenvalue weighted by atomic mass is 9.99. The Balaban J connectivity index is 2.74. The highest BCUT2D eigenvalue weighted by molar-refractivity contribution is 5.32. The predicted octanol–water partition coefficient (Wildman–Crippen LogP) is 3.35. The number of allylic oxidation sites excluding steroid dienone is 1. The van der Waals surface area contributed by atoms with Gasteiger partial charge in [-0.2, -0.15) is 0 Å². The summed E-state index contributed by atoms with van der Waals surface area (Å²) in [6.45, 7) is 8.13. The third-order valence-corrected chi connectivity index (χ3v) is 2.64. The molecule has 0 spiro atoms. The zero-order valence-corrected chi connectivity index (χ0v) is 9.84. The normalized spacial score (nSPS) is 10.3. The average molecular weight is 203 g/mol. The number of nitrogens with two attached hydrogens (primary N) is 1. The van der Waals surface area contributed by atoms with Crippen molar-refractivity contribution in [2.45, 2.75) is 39.5 Å². The summed E-state index contributed by atoms with van der Waals surface area (Å²) in [5.74, 6) is 0. The van der Waals surface area contributed by atoms with E-state index in [1.165, 1.54) is 36.0 Å². The first-order valence-electron chi connectivity index (χ1n) is 5.65. The summed E-state index contributed by atoms with van der Waals surface area (Å²) < 4.78 is 0. The molecule has 1 nitrogen and oxygen atoms in total. The Kier molecular flexibility index (Phi) is 4.41. The van der Waals surface area contributed by atoms with Crippen LogP contribution in [-0.4, -0.2) is 0 Å². The molecular formula is C14H21N. The fourth-order valence-electron chi connectivity index (χ4n) is 1.78. The van der Waals surface area contributed by atoms with Gasteiger partial charge in [-0.15, -0.1) is 0 Å². The highest BCUT2D eigenvalue weighted by atomic mass is 14.6. The van der Waals surface area contributed by atoms with Gasteiger partial charge in [0.05, 0.1) is 0 Å². The number of unbranched alkanes of at least 4 members (excludes halogenated alkanes) is 1. The van der Waals surface area contributed by atoms with Crippen LogP contribution in [0.1, 0.15) is 36.5 Å². The summed E-state index contributed by atoms with van der Waals surface area (Å²) >= 11 is 0. The van der Waals surface area contributed by atoms with Gasteiger partial charge in [0.1, 0.15) is 0 Å². The molecule has 1 rings (SSSR count). The molecule has 0 aliphatic rings. The molecule has 0 saturated heterocycles. The highest BCUT2D eigenvalue weighted by Crippen LogP contribution is 2.15. The van der Waals surface area contributed by atoms with Crippen LogP contribution in [0.4, 0.5) is 0 Å². The summed E-state index contributed by atoms with van der Waals surface area (Å²) in [4.78, 5) is 0. The van der Waals surface area contributed by atoms with Gasteiger partial charge < -0.3 is 5.73 Å². The van der Waals surface area contributed by atoms with Crippen molar-refractivity contribution < 1.29 is 0 Å². The van der Waals surface area contributed by atoms with Crippen LogP contribution in [-0.2, 0) is 12.8 Å². The van der Waals surface area contributed by atoms with Gasteiger partial charge in [-0.25, -0.2) is 0 Å². The second-order valence-electron chi connectivity index (χ2n) is 4.20. The number of hydrogen-bond acceptors (Lipinski definition) is 1. The van der Waals surface area contributed by atoms with E-state index < -0.39 is 0 Å². The molecule has 1 aromatic carbocycles. The van der Waals surface area contributed by atoms with Crippen LogP contribution in [0.2, 0.25) is 0 Å². The third kappa shape index (κ3) is 3.78. The second-order valence-corrected chi connectivity index (χ2v) is 4.20. The molecule has 15 heavy (non-hydrogen) atoms. The van der Waals surface area contributed by atoms with Crippen molar-refractivity contribution in [3.8, 4) is 0 Å². The van der Waals surface area contributed by atoms with Crippen molar-refractivity contribution in [3.63, 3.8) is 0 Å². The molecule has 0 fully saturated rings. The van der Waals surface area contributed by atoms with E-state index >= 15 is 0 Å². The van der Waals surface area contributed by atoms with Crippen LogP contribution >= 0.6 is 0 Å². The van der Waals surface area contributed by atoms with Crippen LogP contribution in [0, 0.1) is 6.92 Å². The zero-order valence-electron chi connectivity index (χ0n) is 9.84. The topological polar surface area (TPSA) is 26.0 Å². The maximum atomic E-state index is 5.60. The molecule has 0 saturated carbocycles. The largest absolute Gasteiger partial charge is 0.402 e. The van der Waals surface area contributed by atoms with Gasteiger partial charge in [0.25, 0.3) is 0 Å². The Morgan fingerprint density at radius 1 is 1.40 bits per heavy atom. The van der Waals surface area contributed by atoms with Crippen LogP contribution in [0.25, 0.3) is 0 Å². The molecule has 2 N–H and O–H groups in total. The van der Waals surface area contributed by atoms with Gasteiger partial charge in [-0.05, 0) is 36.5 Å². The van der Waals surface area contributed by atoms with E-state index in [9.17, 15) is 0 Å². The van der Waals surface area contributed by atoms with Gasteiger partial charge in [0, 0.05) is 12.1 Å². The van der Waals surface area contributed by atoms with Crippen molar-refractivity contribution in [2.24, 2.45) is 5.73 Å². The fraction of sp³-hybridized carbons (Fsp3) is 0.429.